The van der Waals surface area contributed by atoms with Gasteiger partial charge in [-0.15, -0.1) is 0 Å². The molecule has 4 heteroatoms. The predicted molar refractivity (Wildman–Crippen MR) is 64.3 cm³/mol. The Hall–Kier alpha value is -2.10. The summed E-state index contributed by atoms with van der Waals surface area (Å²) < 4.78 is 7.07. The molecule has 2 aromatic rings. The molecule has 1 heterocycles. The highest BCUT2D eigenvalue weighted by atomic mass is 16.5. The van der Waals surface area contributed by atoms with E-state index in [-0.39, 0.29) is 5.78 Å². The average Bonchev–Trinajstić information content (AvgIpc) is 2.76. The molecule has 0 aliphatic heterocycles. The number of imidazole rings is 1. The number of ketones is 1. The first kappa shape index (κ1) is 11.4. The van der Waals surface area contributed by atoms with E-state index in [0.29, 0.717) is 17.9 Å². The Balaban J connectivity index is 2.20. The van der Waals surface area contributed by atoms with Gasteiger partial charge in [0.05, 0.1) is 12.9 Å². The highest BCUT2D eigenvalue weighted by molar-refractivity contribution is 6.07. The van der Waals surface area contributed by atoms with E-state index in [0.717, 1.165) is 5.75 Å². The highest BCUT2D eigenvalue weighted by Gasteiger charge is 2.11. The molecule has 1 aromatic heterocycles. The maximum atomic E-state index is 12.0. The quantitative estimate of drug-likeness (QED) is 0.755. The van der Waals surface area contributed by atoms with E-state index in [9.17, 15) is 4.79 Å². The molecule has 0 unspecified atom stereocenters. The van der Waals surface area contributed by atoms with Crippen LogP contribution in [-0.2, 0) is 7.05 Å². The summed E-state index contributed by atoms with van der Waals surface area (Å²) in [6, 6.07) is 7.09. The third kappa shape index (κ3) is 2.53. The van der Waals surface area contributed by atoms with Gasteiger partial charge in [-0.05, 0) is 31.2 Å². The minimum atomic E-state index is -0.0753. The minimum absolute atomic E-state index is 0.0753. The fourth-order valence-corrected chi connectivity index (χ4v) is 1.55. The number of aryl methyl sites for hydroxylation is 1. The molecule has 88 valence electrons. The molecular formula is C13H14N2O2. The Bertz CT molecular complexity index is 514. The van der Waals surface area contributed by atoms with Crippen LogP contribution in [0.2, 0.25) is 0 Å². The van der Waals surface area contributed by atoms with Crippen molar-refractivity contribution in [1.29, 1.82) is 0 Å². The van der Waals surface area contributed by atoms with Gasteiger partial charge < -0.3 is 9.30 Å². The van der Waals surface area contributed by atoms with E-state index in [1.165, 1.54) is 0 Å². The second-order valence-corrected chi connectivity index (χ2v) is 3.71. The number of hydrogen-bond donors (Lipinski definition) is 0. The number of carbonyl (C=O) groups excluding carboxylic acids is 1. The summed E-state index contributed by atoms with van der Waals surface area (Å²) in [6.45, 7) is 2.54. The van der Waals surface area contributed by atoms with Crippen LogP contribution >= 0.6 is 0 Å². The van der Waals surface area contributed by atoms with Gasteiger partial charge in [-0.3, -0.25) is 4.79 Å². The molecular weight excluding hydrogens is 216 g/mol. The first-order valence-electron chi connectivity index (χ1n) is 5.46. The lowest BCUT2D eigenvalue weighted by molar-refractivity contribution is 0.103. The van der Waals surface area contributed by atoms with Crippen LogP contribution in [0, 0.1) is 0 Å². The van der Waals surface area contributed by atoms with Crippen molar-refractivity contribution in [2.24, 2.45) is 7.05 Å². The Morgan fingerprint density at radius 3 is 2.59 bits per heavy atom. The van der Waals surface area contributed by atoms with Crippen LogP contribution in [0.4, 0.5) is 0 Å². The van der Waals surface area contributed by atoms with Crippen molar-refractivity contribution >= 4 is 5.78 Å². The topological polar surface area (TPSA) is 44.1 Å². The number of ether oxygens (including phenoxy) is 1. The molecule has 0 radical (unpaired) electrons. The maximum Gasteiger partial charge on any atom is 0.212 e. The van der Waals surface area contributed by atoms with Crippen molar-refractivity contribution in [3.05, 3.63) is 48.0 Å². The molecule has 0 saturated carbocycles. The van der Waals surface area contributed by atoms with Crippen LogP contribution in [0.1, 0.15) is 23.0 Å². The van der Waals surface area contributed by atoms with Crippen molar-refractivity contribution < 1.29 is 9.53 Å². The minimum Gasteiger partial charge on any atom is -0.494 e. The second kappa shape index (κ2) is 4.82. The van der Waals surface area contributed by atoms with Gasteiger partial charge in [0.15, 0.2) is 0 Å². The summed E-state index contributed by atoms with van der Waals surface area (Å²) in [7, 11) is 1.84. The summed E-state index contributed by atoms with van der Waals surface area (Å²) in [5.41, 5.74) is 1.07. The van der Waals surface area contributed by atoms with Crippen molar-refractivity contribution in [2.45, 2.75) is 6.92 Å². The zero-order chi connectivity index (χ0) is 12.3. The Morgan fingerprint density at radius 1 is 1.35 bits per heavy atom. The molecule has 0 atom stereocenters. The molecule has 0 aliphatic rings. The average molecular weight is 230 g/mol. The van der Waals surface area contributed by atoms with Crippen LogP contribution in [0.15, 0.2) is 36.8 Å². The zero-order valence-electron chi connectivity index (χ0n) is 9.88. The summed E-state index contributed by atoms with van der Waals surface area (Å²) >= 11 is 0. The van der Waals surface area contributed by atoms with E-state index in [2.05, 4.69) is 4.98 Å². The maximum absolute atomic E-state index is 12.0. The molecule has 0 spiro atoms. The van der Waals surface area contributed by atoms with Gasteiger partial charge in [0.2, 0.25) is 5.78 Å². The van der Waals surface area contributed by atoms with Gasteiger partial charge in [-0.1, -0.05) is 0 Å². The number of hydrogen-bond acceptors (Lipinski definition) is 3. The number of benzene rings is 1. The largest absolute Gasteiger partial charge is 0.494 e. The Kier molecular flexibility index (Phi) is 3.23. The molecule has 0 N–H and O–H groups in total. The van der Waals surface area contributed by atoms with Crippen LogP contribution in [-0.4, -0.2) is 21.9 Å². The SMILES string of the molecule is CCOc1ccc(C(=O)c2cn(C)cn2)cc1. The molecule has 1 aromatic carbocycles. The molecule has 0 aliphatic carbocycles. The lowest BCUT2D eigenvalue weighted by Gasteiger charge is -2.03. The monoisotopic (exact) mass is 230 g/mol. The van der Waals surface area contributed by atoms with Gasteiger partial charge in [0.25, 0.3) is 0 Å². The number of rotatable bonds is 4. The lowest BCUT2D eigenvalue weighted by Crippen LogP contribution is -2.01. The summed E-state index contributed by atoms with van der Waals surface area (Å²) in [5.74, 6) is 0.693. The van der Waals surface area contributed by atoms with Crippen LogP contribution in [0.25, 0.3) is 0 Å². The standard InChI is InChI=1S/C13H14N2O2/c1-3-17-11-6-4-10(5-7-11)13(16)12-8-15(2)9-14-12/h4-9H,3H2,1-2H3. The Morgan fingerprint density at radius 2 is 2.06 bits per heavy atom. The first-order valence-corrected chi connectivity index (χ1v) is 5.46. The zero-order valence-corrected chi connectivity index (χ0v) is 9.88. The molecule has 0 bridgehead atoms. The summed E-state index contributed by atoms with van der Waals surface area (Å²) in [5, 5.41) is 0. The molecule has 0 saturated heterocycles. The lowest BCUT2D eigenvalue weighted by atomic mass is 10.1. The fraction of sp³-hybridized carbons (Fsp3) is 0.231. The van der Waals surface area contributed by atoms with E-state index >= 15 is 0 Å². The number of nitrogens with zero attached hydrogens (tertiary/aromatic N) is 2. The van der Waals surface area contributed by atoms with Crippen LogP contribution in [0.5, 0.6) is 5.75 Å². The van der Waals surface area contributed by atoms with Crippen molar-refractivity contribution in [3.8, 4) is 5.75 Å². The van der Waals surface area contributed by atoms with E-state index in [4.69, 9.17) is 4.74 Å². The van der Waals surface area contributed by atoms with E-state index in [1.807, 2.05) is 14.0 Å². The van der Waals surface area contributed by atoms with Gasteiger partial charge in [0.1, 0.15) is 11.4 Å². The van der Waals surface area contributed by atoms with Crippen molar-refractivity contribution in [3.63, 3.8) is 0 Å². The van der Waals surface area contributed by atoms with E-state index < -0.39 is 0 Å². The summed E-state index contributed by atoms with van der Waals surface area (Å²) in [4.78, 5) is 16.0. The third-order valence-corrected chi connectivity index (χ3v) is 2.37. The molecule has 4 nitrogen and oxygen atoms in total. The third-order valence-electron chi connectivity index (χ3n) is 2.37. The van der Waals surface area contributed by atoms with Crippen molar-refractivity contribution in [2.75, 3.05) is 6.61 Å². The van der Waals surface area contributed by atoms with E-state index in [1.54, 1.807) is 41.4 Å². The van der Waals surface area contributed by atoms with Crippen molar-refractivity contribution in [1.82, 2.24) is 9.55 Å². The summed E-state index contributed by atoms with van der Waals surface area (Å²) in [6.07, 6.45) is 3.32. The second-order valence-electron chi connectivity index (χ2n) is 3.71. The van der Waals surface area contributed by atoms with Gasteiger partial charge in [-0.2, -0.15) is 0 Å². The van der Waals surface area contributed by atoms with Crippen LogP contribution in [0.3, 0.4) is 0 Å². The van der Waals surface area contributed by atoms with Gasteiger partial charge >= 0.3 is 0 Å². The number of aromatic nitrogens is 2. The smallest absolute Gasteiger partial charge is 0.212 e. The fourth-order valence-electron chi connectivity index (χ4n) is 1.55. The predicted octanol–water partition coefficient (Wildman–Crippen LogP) is 2.05. The molecule has 17 heavy (non-hydrogen) atoms. The van der Waals surface area contributed by atoms with Crippen LogP contribution < -0.4 is 4.74 Å². The normalized spacial score (nSPS) is 10.2. The molecule has 0 fully saturated rings. The number of carbonyl (C=O) groups is 1. The molecule has 2 rings (SSSR count). The highest BCUT2D eigenvalue weighted by Crippen LogP contribution is 2.14. The first-order chi connectivity index (χ1) is 8.20. The van der Waals surface area contributed by atoms with Gasteiger partial charge in [0, 0.05) is 18.8 Å². The molecule has 0 amide bonds. The van der Waals surface area contributed by atoms with Gasteiger partial charge in [-0.25, -0.2) is 4.98 Å². The Labute approximate surface area is 99.9 Å².